The van der Waals surface area contributed by atoms with E-state index in [2.05, 4.69) is 12.2 Å². The van der Waals surface area contributed by atoms with Gasteiger partial charge >= 0.3 is 0 Å². The third-order valence-electron chi connectivity index (χ3n) is 6.01. The third-order valence-corrected chi connectivity index (χ3v) is 6.01. The molecule has 3 fully saturated rings. The molecule has 3 rings (SSSR count). The summed E-state index contributed by atoms with van der Waals surface area (Å²) in [7, 11) is 0. The molecule has 0 spiro atoms. The van der Waals surface area contributed by atoms with Gasteiger partial charge in [0, 0.05) is 38.5 Å². The van der Waals surface area contributed by atoms with Crippen LogP contribution in [-0.4, -0.2) is 60.9 Å². The fraction of sp³-hybridized carbons (Fsp3) is 0.889. The maximum Gasteiger partial charge on any atom is 0.225 e. The zero-order chi connectivity index (χ0) is 16.2. The van der Waals surface area contributed by atoms with Crippen molar-refractivity contribution in [3.8, 4) is 0 Å². The topological polar surface area (TPSA) is 52.7 Å². The van der Waals surface area contributed by atoms with Gasteiger partial charge in [0.05, 0.1) is 0 Å². The number of nitrogens with zero attached hydrogens (tertiary/aromatic N) is 2. The Morgan fingerprint density at radius 3 is 2.30 bits per heavy atom. The molecule has 0 radical (unpaired) electrons. The molecule has 130 valence electrons. The molecule has 1 atom stereocenters. The summed E-state index contributed by atoms with van der Waals surface area (Å²) in [5.41, 5.74) is 0. The van der Waals surface area contributed by atoms with Crippen molar-refractivity contribution < 1.29 is 9.59 Å². The summed E-state index contributed by atoms with van der Waals surface area (Å²) in [4.78, 5) is 29.1. The van der Waals surface area contributed by atoms with Gasteiger partial charge in [-0.05, 0) is 44.2 Å². The van der Waals surface area contributed by atoms with E-state index in [1.54, 1.807) is 0 Å². The van der Waals surface area contributed by atoms with E-state index in [4.69, 9.17) is 0 Å². The molecular weight excluding hydrogens is 290 g/mol. The van der Waals surface area contributed by atoms with Crippen LogP contribution in [0.1, 0.15) is 45.4 Å². The molecule has 2 saturated heterocycles. The first kappa shape index (κ1) is 16.7. The number of hydrogen-bond donors (Lipinski definition) is 1. The number of carbonyl (C=O) groups is 2. The standard InChI is InChI=1S/C18H31N3O2/c1-14(16-12-19-13-16)18(23)21-8-4-7-20(9-10-21)17(22)11-15-5-2-3-6-15/h14-16,19H,2-13H2,1H3. The molecule has 3 aliphatic rings. The molecule has 1 saturated carbocycles. The summed E-state index contributed by atoms with van der Waals surface area (Å²) in [6.07, 6.45) is 6.65. The van der Waals surface area contributed by atoms with E-state index in [-0.39, 0.29) is 11.8 Å². The summed E-state index contributed by atoms with van der Waals surface area (Å²) >= 11 is 0. The third kappa shape index (κ3) is 4.06. The van der Waals surface area contributed by atoms with Crippen molar-refractivity contribution in [3.63, 3.8) is 0 Å². The lowest BCUT2D eigenvalue weighted by molar-refractivity contribution is -0.138. The Bertz CT molecular complexity index is 430. The van der Waals surface area contributed by atoms with Gasteiger partial charge in [-0.2, -0.15) is 0 Å². The lowest BCUT2D eigenvalue weighted by Crippen LogP contribution is -2.51. The first-order valence-corrected chi connectivity index (χ1v) is 9.42. The van der Waals surface area contributed by atoms with Gasteiger partial charge in [-0.25, -0.2) is 0 Å². The van der Waals surface area contributed by atoms with Crippen molar-refractivity contribution in [2.45, 2.75) is 45.4 Å². The second-order valence-corrected chi connectivity index (χ2v) is 7.62. The van der Waals surface area contributed by atoms with Crippen LogP contribution in [0.25, 0.3) is 0 Å². The molecular formula is C18H31N3O2. The van der Waals surface area contributed by atoms with Crippen LogP contribution in [0.4, 0.5) is 0 Å². The van der Waals surface area contributed by atoms with Crippen molar-refractivity contribution in [2.24, 2.45) is 17.8 Å². The fourth-order valence-corrected chi connectivity index (χ4v) is 4.13. The predicted octanol–water partition coefficient (Wildman–Crippen LogP) is 1.48. The highest BCUT2D eigenvalue weighted by atomic mass is 16.2. The first-order chi connectivity index (χ1) is 11.1. The van der Waals surface area contributed by atoms with Crippen LogP contribution in [0.3, 0.4) is 0 Å². The largest absolute Gasteiger partial charge is 0.341 e. The van der Waals surface area contributed by atoms with E-state index < -0.39 is 0 Å². The van der Waals surface area contributed by atoms with Crippen molar-refractivity contribution in [1.82, 2.24) is 15.1 Å². The lowest BCUT2D eigenvalue weighted by atomic mass is 9.88. The van der Waals surface area contributed by atoms with Gasteiger partial charge in [-0.1, -0.05) is 19.8 Å². The van der Waals surface area contributed by atoms with Gasteiger partial charge in [0.25, 0.3) is 0 Å². The molecule has 2 amide bonds. The predicted molar refractivity (Wildman–Crippen MR) is 89.9 cm³/mol. The Morgan fingerprint density at radius 1 is 1.00 bits per heavy atom. The molecule has 0 bridgehead atoms. The number of amides is 2. The average Bonchev–Trinajstić information content (AvgIpc) is 2.86. The number of carbonyl (C=O) groups excluding carboxylic acids is 2. The van der Waals surface area contributed by atoms with Gasteiger partial charge in [-0.15, -0.1) is 0 Å². The quantitative estimate of drug-likeness (QED) is 0.853. The maximum atomic E-state index is 12.6. The van der Waals surface area contributed by atoms with E-state index >= 15 is 0 Å². The van der Waals surface area contributed by atoms with E-state index in [1.165, 1.54) is 25.7 Å². The number of nitrogens with one attached hydrogen (secondary N) is 1. The van der Waals surface area contributed by atoms with Crippen LogP contribution < -0.4 is 5.32 Å². The zero-order valence-electron chi connectivity index (χ0n) is 14.4. The Kier molecular flexibility index (Phi) is 5.57. The number of hydrogen-bond acceptors (Lipinski definition) is 3. The Balaban J connectivity index is 1.48. The second kappa shape index (κ2) is 7.65. The molecule has 1 N–H and O–H groups in total. The van der Waals surface area contributed by atoms with Crippen molar-refractivity contribution in [3.05, 3.63) is 0 Å². The van der Waals surface area contributed by atoms with Gasteiger partial charge in [0.1, 0.15) is 0 Å². The van der Waals surface area contributed by atoms with Gasteiger partial charge in [0.15, 0.2) is 0 Å². The average molecular weight is 321 g/mol. The molecule has 2 aliphatic heterocycles. The molecule has 2 heterocycles. The summed E-state index contributed by atoms with van der Waals surface area (Å²) in [6.45, 7) is 7.03. The van der Waals surface area contributed by atoms with Crippen molar-refractivity contribution >= 4 is 11.8 Å². The first-order valence-electron chi connectivity index (χ1n) is 9.42. The van der Waals surface area contributed by atoms with Crippen LogP contribution in [0.5, 0.6) is 0 Å². The minimum absolute atomic E-state index is 0.108. The summed E-state index contributed by atoms with van der Waals surface area (Å²) < 4.78 is 0. The smallest absolute Gasteiger partial charge is 0.225 e. The molecule has 1 unspecified atom stereocenters. The second-order valence-electron chi connectivity index (χ2n) is 7.62. The van der Waals surface area contributed by atoms with E-state index in [9.17, 15) is 9.59 Å². The van der Waals surface area contributed by atoms with Crippen LogP contribution >= 0.6 is 0 Å². The highest BCUT2D eigenvalue weighted by Gasteiger charge is 2.32. The Hall–Kier alpha value is -1.10. The summed E-state index contributed by atoms with van der Waals surface area (Å²) in [6, 6.07) is 0. The van der Waals surface area contributed by atoms with Crippen molar-refractivity contribution in [1.29, 1.82) is 0 Å². The van der Waals surface area contributed by atoms with E-state index in [0.717, 1.165) is 39.0 Å². The van der Waals surface area contributed by atoms with Crippen LogP contribution in [0.2, 0.25) is 0 Å². The highest BCUT2D eigenvalue weighted by molar-refractivity contribution is 5.79. The molecule has 5 nitrogen and oxygen atoms in total. The molecule has 23 heavy (non-hydrogen) atoms. The van der Waals surface area contributed by atoms with Crippen molar-refractivity contribution in [2.75, 3.05) is 39.3 Å². The monoisotopic (exact) mass is 321 g/mol. The van der Waals surface area contributed by atoms with Crippen LogP contribution in [-0.2, 0) is 9.59 Å². The Morgan fingerprint density at radius 2 is 1.65 bits per heavy atom. The molecule has 0 aromatic carbocycles. The lowest BCUT2D eigenvalue weighted by Gasteiger charge is -2.34. The minimum atomic E-state index is 0.108. The molecule has 0 aromatic heterocycles. The van der Waals surface area contributed by atoms with E-state index in [0.29, 0.717) is 30.8 Å². The molecule has 1 aliphatic carbocycles. The zero-order valence-corrected chi connectivity index (χ0v) is 14.4. The fourth-order valence-electron chi connectivity index (χ4n) is 4.13. The molecule has 0 aromatic rings. The number of rotatable bonds is 4. The molecule has 5 heteroatoms. The summed E-state index contributed by atoms with van der Waals surface area (Å²) in [5.74, 6) is 1.79. The SMILES string of the molecule is CC(C(=O)N1CCCN(C(=O)CC2CCCC2)CC1)C1CNC1. The van der Waals surface area contributed by atoms with Gasteiger partial charge in [-0.3, -0.25) is 9.59 Å². The summed E-state index contributed by atoms with van der Waals surface area (Å²) in [5, 5.41) is 3.24. The normalized spacial score (nSPS) is 25.1. The van der Waals surface area contributed by atoms with Gasteiger partial charge in [0.2, 0.25) is 11.8 Å². The maximum absolute atomic E-state index is 12.6. The van der Waals surface area contributed by atoms with E-state index in [1.807, 2.05) is 9.80 Å². The van der Waals surface area contributed by atoms with Gasteiger partial charge < -0.3 is 15.1 Å². The minimum Gasteiger partial charge on any atom is -0.341 e. The highest BCUT2D eigenvalue weighted by Crippen LogP contribution is 2.28. The van der Waals surface area contributed by atoms with Crippen LogP contribution in [0, 0.1) is 17.8 Å². The Labute approximate surface area is 139 Å². The van der Waals surface area contributed by atoms with Crippen LogP contribution in [0.15, 0.2) is 0 Å².